The van der Waals surface area contributed by atoms with Gasteiger partial charge >= 0.3 is 0 Å². The molecule has 0 amide bonds. The molecule has 0 atom stereocenters. The number of ether oxygens (including phenoxy) is 1. The summed E-state index contributed by atoms with van der Waals surface area (Å²) in [6.45, 7) is 0.345. The van der Waals surface area contributed by atoms with Gasteiger partial charge in [-0.3, -0.25) is 9.20 Å². The standard InChI is InChI=1S/C19H13FN2O2S/c20-14-6-7-17(24-12-13-4-2-1-3-5-13)15(10-14)18-16(11-23)22-8-9-25-19(22)21-18/h1-11H,12H2. The highest BCUT2D eigenvalue weighted by molar-refractivity contribution is 7.15. The average Bonchev–Trinajstić information content (AvgIpc) is 3.22. The lowest BCUT2D eigenvalue weighted by molar-refractivity contribution is 0.111. The number of benzene rings is 2. The molecule has 4 nitrogen and oxygen atoms in total. The average molecular weight is 352 g/mol. The van der Waals surface area contributed by atoms with E-state index in [4.69, 9.17) is 4.74 Å². The predicted octanol–water partition coefficient (Wildman–Crippen LogP) is 4.59. The van der Waals surface area contributed by atoms with Crippen LogP contribution in [-0.4, -0.2) is 15.7 Å². The summed E-state index contributed by atoms with van der Waals surface area (Å²) in [5.41, 5.74) is 2.27. The maximum atomic E-state index is 13.8. The first-order chi connectivity index (χ1) is 12.3. The highest BCUT2D eigenvalue weighted by Crippen LogP contribution is 2.34. The van der Waals surface area contributed by atoms with Crippen molar-refractivity contribution >= 4 is 22.6 Å². The fraction of sp³-hybridized carbons (Fsp3) is 0.0526. The maximum Gasteiger partial charge on any atom is 0.194 e. The highest BCUT2D eigenvalue weighted by Gasteiger charge is 2.18. The van der Waals surface area contributed by atoms with Crippen molar-refractivity contribution in [3.63, 3.8) is 0 Å². The van der Waals surface area contributed by atoms with Crippen molar-refractivity contribution < 1.29 is 13.9 Å². The number of hydrogen-bond donors (Lipinski definition) is 0. The molecule has 4 rings (SSSR count). The molecule has 0 N–H and O–H groups in total. The third-order valence-electron chi connectivity index (χ3n) is 3.84. The van der Waals surface area contributed by atoms with Gasteiger partial charge < -0.3 is 4.74 Å². The molecule has 0 aliphatic heterocycles. The van der Waals surface area contributed by atoms with E-state index in [9.17, 15) is 9.18 Å². The molecule has 6 heteroatoms. The molecule has 0 aliphatic rings. The van der Waals surface area contributed by atoms with E-state index in [1.54, 1.807) is 16.7 Å². The van der Waals surface area contributed by atoms with Gasteiger partial charge in [-0.25, -0.2) is 9.37 Å². The fourth-order valence-corrected chi connectivity index (χ4v) is 3.38. The minimum atomic E-state index is -0.407. The van der Waals surface area contributed by atoms with E-state index >= 15 is 0 Å². The van der Waals surface area contributed by atoms with Crippen molar-refractivity contribution in [2.45, 2.75) is 6.61 Å². The quantitative estimate of drug-likeness (QED) is 0.493. The number of carbonyl (C=O) groups is 1. The van der Waals surface area contributed by atoms with Gasteiger partial charge in [-0.15, -0.1) is 11.3 Å². The maximum absolute atomic E-state index is 13.8. The van der Waals surface area contributed by atoms with Crippen LogP contribution in [0.2, 0.25) is 0 Å². The number of nitrogens with zero attached hydrogens (tertiary/aromatic N) is 2. The molecule has 0 fully saturated rings. The molecule has 0 aliphatic carbocycles. The van der Waals surface area contributed by atoms with Crippen LogP contribution in [0.15, 0.2) is 60.1 Å². The Balaban J connectivity index is 1.76. The lowest BCUT2D eigenvalue weighted by Gasteiger charge is -2.11. The van der Waals surface area contributed by atoms with Gasteiger partial charge in [0.05, 0.1) is 0 Å². The van der Waals surface area contributed by atoms with E-state index in [-0.39, 0.29) is 0 Å². The van der Waals surface area contributed by atoms with Gasteiger partial charge in [0, 0.05) is 17.1 Å². The molecule has 0 spiro atoms. The zero-order valence-corrected chi connectivity index (χ0v) is 13.9. The van der Waals surface area contributed by atoms with Crippen LogP contribution < -0.4 is 4.74 Å². The van der Waals surface area contributed by atoms with Crippen LogP contribution >= 0.6 is 11.3 Å². The highest BCUT2D eigenvalue weighted by atomic mass is 32.1. The third kappa shape index (κ3) is 2.92. The Morgan fingerprint density at radius 3 is 2.84 bits per heavy atom. The van der Waals surface area contributed by atoms with Gasteiger partial charge in [-0.1, -0.05) is 30.3 Å². The van der Waals surface area contributed by atoms with E-state index in [1.807, 2.05) is 35.7 Å². The summed E-state index contributed by atoms with van der Waals surface area (Å²) < 4.78 is 21.4. The molecule has 0 radical (unpaired) electrons. The van der Waals surface area contributed by atoms with Crippen LogP contribution in [0.5, 0.6) is 5.75 Å². The van der Waals surface area contributed by atoms with Crippen LogP contribution in [0, 0.1) is 5.82 Å². The second-order valence-corrected chi connectivity index (χ2v) is 6.31. The zero-order valence-electron chi connectivity index (χ0n) is 13.1. The molecule has 2 heterocycles. The number of imidazole rings is 1. The van der Waals surface area contributed by atoms with Crippen LogP contribution in [-0.2, 0) is 6.61 Å². The van der Waals surface area contributed by atoms with Crippen LogP contribution in [0.25, 0.3) is 16.2 Å². The molecule has 0 bridgehead atoms. The van der Waals surface area contributed by atoms with Gasteiger partial charge in [-0.05, 0) is 23.8 Å². The minimum Gasteiger partial charge on any atom is -0.488 e. The number of thiazole rings is 1. The van der Waals surface area contributed by atoms with Crippen molar-refractivity contribution in [3.05, 3.63) is 77.2 Å². The van der Waals surface area contributed by atoms with Gasteiger partial charge in [0.15, 0.2) is 11.2 Å². The number of fused-ring (bicyclic) bond motifs is 1. The van der Waals surface area contributed by atoms with Crippen LogP contribution in [0.4, 0.5) is 4.39 Å². The molecule has 2 aromatic heterocycles. The Labute approximate surface area is 147 Å². The molecular weight excluding hydrogens is 339 g/mol. The van der Waals surface area contributed by atoms with Gasteiger partial charge in [0.2, 0.25) is 0 Å². The zero-order chi connectivity index (χ0) is 17.2. The molecule has 124 valence electrons. The summed E-state index contributed by atoms with van der Waals surface area (Å²) in [7, 11) is 0. The first-order valence-electron chi connectivity index (χ1n) is 7.63. The Kier molecular flexibility index (Phi) is 4.03. The number of aldehydes is 1. The number of aromatic nitrogens is 2. The van der Waals surface area contributed by atoms with E-state index in [0.29, 0.717) is 34.3 Å². The largest absolute Gasteiger partial charge is 0.488 e. The normalized spacial score (nSPS) is 10.9. The Hall–Kier alpha value is -2.99. The molecule has 0 saturated carbocycles. The van der Waals surface area contributed by atoms with Crippen molar-refractivity contribution in [3.8, 4) is 17.0 Å². The molecule has 2 aromatic carbocycles. The smallest absolute Gasteiger partial charge is 0.194 e. The molecule has 25 heavy (non-hydrogen) atoms. The number of carbonyl (C=O) groups excluding carboxylic acids is 1. The van der Waals surface area contributed by atoms with Gasteiger partial charge in [-0.2, -0.15) is 0 Å². The van der Waals surface area contributed by atoms with Gasteiger partial charge in [0.25, 0.3) is 0 Å². The number of hydrogen-bond acceptors (Lipinski definition) is 4. The fourth-order valence-electron chi connectivity index (χ4n) is 2.66. The van der Waals surface area contributed by atoms with E-state index in [2.05, 4.69) is 4.98 Å². The van der Waals surface area contributed by atoms with Crippen molar-refractivity contribution in [2.75, 3.05) is 0 Å². The summed E-state index contributed by atoms with van der Waals surface area (Å²) in [6, 6.07) is 13.9. The number of rotatable bonds is 5. The van der Waals surface area contributed by atoms with E-state index < -0.39 is 5.82 Å². The Morgan fingerprint density at radius 2 is 2.04 bits per heavy atom. The third-order valence-corrected chi connectivity index (χ3v) is 4.60. The summed E-state index contributed by atoms with van der Waals surface area (Å²) in [6.07, 6.45) is 2.50. The first kappa shape index (κ1) is 15.5. The summed E-state index contributed by atoms with van der Waals surface area (Å²) in [5.74, 6) is 0.0781. The Morgan fingerprint density at radius 1 is 1.20 bits per heavy atom. The van der Waals surface area contributed by atoms with E-state index in [0.717, 1.165) is 11.8 Å². The van der Waals surface area contributed by atoms with Crippen molar-refractivity contribution in [1.29, 1.82) is 0 Å². The molecular formula is C19H13FN2O2S. The van der Waals surface area contributed by atoms with Crippen molar-refractivity contribution in [1.82, 2.24) is 9.38 Å². The molecule has 0 unspecified atom stereocenters. The summed E-state index contributed by atoms with van der Waals surface area (Å²) in [4.78, 5) is 16.7. The summed E-state index contributed by atoms with van der Waals surface area (Å²) >= 11 is 1.41. The number of halogens is 1. The summed E-state index contributed by atoms with van der Waals surface area (Å²) in [5, 5.41) is 1.84. The minimum absolute atomic E-state index is 0.345. The van der Waals surface area contributed by atoms with Crippen LogP contribution in [0.1, 0.15) is 16.1 Å². The first-order valence-corrected chi connectivity index (χ1v) is 8.51. The second kappa shape index (κ2) is 6.49. The monoisotopic (exact) mass is 352 g/mol. The molecule has 4 aromatic rings. The second-order valence-electron chi connectivity index (χ2n) is 5.43. The topological polar surface area (TPSA) is 43.6 Å². The lowest BCUT2D eigenvalue weighted by Crippen LogP contribution is -1.99. The Bertz CT molecular complexity index is 1040. The van der Waals surface area contributed by atoms with Crippen LogP contribution in [0.3, 0.4) is 0 Å². The SMILES string of the molecule is O=Cc1c(-c2cc(F)ccc2OCc2ccccc2)nc2sccn12. The molecule has 0 saturated heterocycles. The van der Waals surface area contributed by atoms with Crippen molar-refractivity contribution in [2.24, 2.45) is 0 Å². The predicted molar refractivity (Wildman–Crippen MR) is 94.6 cm³/mol. The lowest BCUT2D eigenvalue weighted by atomic mass is 10.1. The van der Waals surface area contributed by atoms with E-state index in [1.165, 1.54) is 23.5 Å². The van der Waals surface area contributed by atoms with Gasteiger partial charge in [0.1, 0.15) is 29.6 Å².